The minimum atomic E-state index is -0.155. The van der Waals surface area contributed by atoms with E-state index < -0.39 is 0 Å². The van der Waals surface area contributed by atoms with Crippen molar-refractivity contribution in [1.29, 1.82) is 0 Å². The monoisotopic (exact) mass is 397 g/mol. The summed E-state index contributed by atoms with van der Waals surface area (Å²) in [5, 5.41) is 7.33. The molecule has 0 bridgehead atoms. The number of piperidine rings is 2. The molecule has 2 amide bonds. The number of amides is 2. The zero-order valence-electron chi connectivity index (χ0n) is 14.9. The predicted octanol–water partition coefficient (Wildman–Crippen LogP) is 2.96. The second-order valence-electron chi connectivity index (χ2n) is 7.30. The van der Waals surface area contributed by atoms with Gasteiger partial charge in [0.25, 0.3) is 5.91 Å². The summed E-state index contributed by atoms with van der Waals surface area (Å²) in [6.07, 6.45) is 2.59. The van der Waals surface area contributed by atoms with Gasteiger partial charge >= 0.3 is 0 Å². The Bertz CT molecular complexity index is 683. The summed E-state index contributed by atoms with van der Waals surface area (Å²) in [7, 11) is 0. The summed E-state index contributed by atoms with van der Waals surface area (Å²) < 4.78 is 0. The SMILES string of the molecule is CC1CNCCC1NC(=O)C1CCCN(C(=O)c2ccc(Cl)c(Cl)c2)C1. The van der Waals surface area contributed by atoms with Crippen LogP contribution < -0.4 is 10.6 Å². The van der Waals surface area contributed by atoms with Crippen molar-refractivity contribution in [2.45, 2.75) is 32.2 Å². The van der Waals surface area contributed by atoms with Crippen LogP contribution in [0.1, 0.15) is 36.5 Å². The molecule has 0 saturated carbocycles. The first-order valence-corrected chi connectivity index (χ1v) is 9.96. The van der Waals surface area contributed by atoms with Crippen LogP contribution in [0.4, 0.5) is 0 Å². The fraction of sp³-hybridized carbons (Fsp3) is 0.579. The molecule has 1 aromatic rings. The number of likely N-dealkylation sites (tertiary alicyclic amines) is 1. The zero-order chi connectivity index (χ0) is 18.7. The van der Waals surface area contributed by atoms with Gasteiger partial charge in [0, 0.05) is 24.7 Å². The Hall–Kier alpha value is -1.30. The number of halogens is 2. The number of nitrogens with one attached hydrogen (secondary N) is 2. The molecule has 5 nitrogen and oxygen atoms in total. The number of nitrogens with zero attached hydrogens (tertiary/aromatic N) is 1. The number of carbonyl (C=O) groups excluding carboxylic acids is 2. The maximum absolute atomic E-state index is 12.8. The molecule has 0 aromatic heterocycles. The minimum Gasteiger partial charge on any atom is -0.353 e. The highest BCUT2D eigenvalue weighted by atomic mass is 35.5. The van der Waals surface area contributed by atoms with Crippen molar-refractivity contribution in [3.63, 3.8) is 0 Å². The van der Waals surface area contributed by atoms with Crippen molar-refractivity contribution in [2.75, 3.05) is 26.2 Å². The summed E-state index contributed by atoms with van der Waals surface area (Å²) in [6.45, 7) is 5.12. The third kappa shape index (κ3) is 4.51. The van der Waals surface area contributed by atoms with E-state index in [1.54, 1.807) is 23.1 Å². The Morgan fingerprint density at radius 1 is 1.23 bits per heavy atom. The van der Waals surface area contributed by atoms with Gasteiger partial charge in [0.15, 0.2) is 0 Å². The standard InChI is InChI=1S/C19H25Cl2N3O2/c1-12-10-22-7-6-17(12)23-18(25)14-3-2-8-24(11-14)19(26)13-4-5-15(20)16(21)9-13/h4-5,9,12,14,17,22H,2-3,6-8,10-11H2,1H3,(H,23,25). The highest BCUT2D eigenvalue weighted by Gasteiger charge is 2.31. The second-order valence-corrected chi connectivity index (χ2v) is 8.12. The van der Waals surface area contributed by atoms with Crippen molar-refractivity contribution in [3.05, 3.63) is 33.8 Å². The van der Waals surface area contributed by atoms with Crippen molar-refractivity contribution in [1.82, 2.24) is 15.5 Å². The summed E-state index contributed by atoms with van der Waals surface area (Å²) in [6, 6.07) is 5.11. The summed E-state index contributed by atoms with van der Waals surface area (Å²) in [5.74, 6) is 0.231. The average molecular weight is 398 g/mol. The molecule has 3 rings (SSSR count). The van der Waals surface area contributed by atoms with Gasteiger partial charge in [-0.25, -0.2) is 0 Å². The topological polar surface area (TPSA) is 61.4 Å². The Kier molecular flexibility index (Phi) is 6.43. The van der Waals surface area contributed by atoms with E-state index in [1.807, 2.05) is 0 Å². The Morgan fingerprint density at radius 2 is 2.04 bits per heavy atom. The molecule has 2 aliphatic rings. The van der Waals surface area contributed by atoms with Gasteiger partial charge in [0.1, 0.15) is 0 Å². The molecular weight excluding hydrogens is 373 g/mol. The molecule has 142 valence electrons. The maximum atomic E-state index is 12.8. The lowest BCUT2D eigenvalue weighted by molar-refractivity contribution is -0.127. The Balaban J connectivity index is 1.61. The zero-order valence-corrected chi connectivity index (χ0v) is 16.4. The van der Waals surface area contributed by atoms with E-state index >= 15 is 0 Å². The van der Waals surface area contributed by atoms with Crippen LogP contribution in [0.15, 0.2) is 18.2 Å². The Morgan fingerprint density at radius 3 is 2.77 bits per heavy atom. The van der Waals surface area contributed by atoms with Crippen LogP contribution in [0.25, 0.3) is 0 Å². The van der Waals surface area contributed by atoms with E-state index in [0.29, 0.717) is 34.6 Å². The van der Waals surface area contributed by atoms with Crippen LogP contribution in [0, 0.1) is 11.8 Å². The number of carbonyl (C=O) groups is 2. The molecule has 2 heterocycles. The van der Waals surface area contributed by atoms with E-state index in [-0.39, 0.29) is 23.8 Å². The molecule has 26 heavy (non-hydrogen) atoms. The van der Waals surface area contributed by atoms with Crippen molar-refractivity contribution < 1.29 is 9.59 Å². The van der Waals surface area contributed by atoms with Gasteiger partial charge < -0.3 is 15.5 Å². The molecule has 7 heteroatoms. The first-order valence-electron chi connectivity index (χ1n) is 9.21. The van der Waals surface area contributed by atoms with E-state index in [9.17, 15) is 9.59 Å². The van der Waals surface area contributed by atoms with Gasteiger partial charge in [-0.2, -0.15) is 0 Å². The molecule has 3 unspecified atom stereocenters. The van der Waals surface area contributed by atoms with Crippen molar-refractivity contribution in [3.8, 4) is 0 Å². The van der Waals surface area contributed by atoms with Crippen LogP contribution in [0.3, 0.4) is 0 Å². The largest absolute Gasteiger partial charge is 0.353 e. The molecule has 0 spiro atoms. The van der Waals surface area contributed by atoms with Gasteiger partial charge in [-0.1, -0.05) is 30.1 Å². The summed E-state index contributed by atoms with van der Waals surface area (Å²) in [4.78, 5) is 27.2. The fourth-order valence-corrected chi connectivity index (χ4v) is 4.01. The Labute approximate surface area is 164 Å². The van der Waals surface area contributed by atoms with Gasteiger partial charge in [-0.05, 0) is 56.5 Å². The van der Waals surface area contributed by atoms with Crippen LogP contribution in [-0.4, -0.2) is 48.9 Å². The van der Waals surface area contributed by atoms with Crippen LogP contribution in [0.5, 0.6) is 0 Å². The number of hydrogen-bond donors (Lipinski definition) is 2. The van der Waals surface area contributed by atoms with Crippen LogP contribution >= 0.6 is 23.2 Å². The fourth-order valence-electron chi connectivity index (χ4n) is 3.72. The molecule has 2 aliphatic heterocycles. The number of benzene rings is 1. The van der Waals surface area contributed by atoms with E-state index in [4.69, 9.17) is 23.2 Å². The normalized spacial score (nSPS) is 26.4. The van der Waals surface area contributed by atoms with Gasteiger partial charge in [0.05, 0.1) is 16.0 Å². The van der Waals surface area contributed by atoms with Gasteiger partial charge in [-0.15, -0.1) is 0 Å². The molecule has 2 saturated heterocycles. The van der Waals surface area contributed by atoms with Gasteiger partial charge in [0.2, 0.25) is 5.91 Å². The van der Waals surface area contributed by atoms with Crippen molar-refractivity contribution in [2.24, 2.45) is 11.8 Å². The molecule has 0 aliphatic carbocycles. The molecule has 2 fully saturated rings. The van der Waals surface area contributed by atoms with E-state index in [2.05, 4.69) is 17.6 Å². The lowest BCUT2D eigenvalue weighted by Crippen LogP contribution is -2.52. The second kappa shape index (κ2) is 8.59. The first-order chi connectivity index (χ1) is 12.5. The lowest BCUT2D eigenvalue weighted by Gasteiger charge is -2.35. The lowest BCUT2D eigenvalue weighted by atomic mass is 9.92. The molecule has 1 aromatic carbocycles. The molecule has 3 atom stereocenters. The van der Waals surface area contributed by atoms with Crippen molar-refractivity contribution >= 4 is 35.0 Å². The summed E-state index contributed by atoms with van der Waals surface area (Å²) in [5.41, 5.74) is 0.507. The van der Waals surface area contributed by atoms with Crippen LogP contribution in [-0.2, 0) is 4.79 Å². The quantitative estimate of drug-likeness (QED) is 0.823. The minimum absolute atomic E-state index is 0.0652. The summed E-state index contributed by atoms with van der Waals surface area (Å²) >= 11 is 12.0. The smallest absolute Gasteiger partial charge is 0.253 e. The van der Waals surface area contributed by atoms with E-state index in [1.165, 1.54) is 0 Å². The number of hydrogen-bond acceptors (Lipinski definition) is 3. The highest BCUT2D eigenvalue weighted by Crippen LogP contribution is 2.25. The van der Waals surface area contributed by atoms with E-state index in [0.717, 1.165) is 32.4 Å². The molecular formula is C19H25Cl2N3O2. The maximum Gasteiger partial charge on any atom is 0.253 e. The van der Waals surface area contributed by atoms with Crippen LogP contribution in [0.2, 0.25) is 10.0 Å². The molecule has 2 N–H and O–H groups in total. The molecule has 0 radical (unpaired) electrons. The first kappa shape index (κ1) is 19.5. The predicted molar refractivity (Wildman–Crippen MR) is 104 cm³/mol. The third-order valence-electron chi connectivity index (χ3n) is 5.36. The highest BCUT2D eigenvalue weighted by molar-refractivity contribution is 6.42. The van der Waals surface area contributed by atoms with Gasteiger partial charge in [-0.3, -0.25) is 9.59 Å². The third-order valence-corrected chi connectivity index (χ3v) is 6.10. The number of rotatable bonds is 3. The average Bonchev–Trinajstić information content (AvgIpc) is 2.65.